The lowest BCUT2D eigenvalue weighted by atomic mass is 9.90. The largest absolute Gasteiger partial charge is 0.410 e. The van der Waals surface area contributed by atoms with Gasteiger partial charge in [0.05, 0.1) is 10.6 Å². The van der Waals surface area contributed by atoms with E-state index in [0.717, 1.165) is 36.5 Å². The molecule has 0 aromatic carbocycles. The Hall–Kier alpha value is -1.34. The summed E-state index contributed by atoms with van der Waals surface area (Å²) < 4.78 is 5.75. The van der Waals surface area contributed by atoms with Gasteiger partial charge in [-0.05, 0) is 50.2 Å². The summed E-state index contributed by atoms with van der Waals surface area (Å²) in [6.45, 7) is 6.44. The molecule has 0 saturated carbocycles. The van der Waals surface area contributed by atoms with E-state index in [1.807, 2.05) is 6.92 Å². The van der Waals surface area contributed by atoms with Crippen molar-refractivity contribution in [3.63, 3.8) is 0 Å². The van der Waals surface area contributed by atoms with Crippen molar-refractivity contribution in [2.24, 2.45) is 5.92 Å². The van der Waals surface area contributed by atoms with Crippen molar-refractivity contribution >= 4 is 29.0 Å². The number of nitrogens with zero attached hydrogens (tertiary/aromatic N) is 2. The highest BCUT2D eigenvalue weighted by Crippen LogP contribution is 2.37. The molecule has 0 unspecified atom stereocenters. The minimum atomic E-state index is 0.00581. The molecule has 2 heterocycles. The number of fused-ring (bicyclic) bond motifs is 1. The van der Waals surface area contributed by atoms with E-state index in [-0.39, 0.29) is 11.9 Å². The lowest BCUT2D eigenvalue weighted by molar-refractivity contribution is -0.119. The smallest absolute Gasteiger partial charge is 0.277 e. The van der Waals surface area contributed by atoms with Crippen molar-refractivity contribution in [2.75, 3.05) is 5.75 Å². The average molecular weight is 380 g/mol. The van der Waals surface area contributed by atoms with Crippen LogP contribution in [0.15, 0.2) is 15.7 Å². The number of nitrogens with one attached hydrogen (secondary N) is 1. The van der Waals surface area contributed by atoms with Crippen LogP contribution in [0.4, 0.5) is 0 Å². The van der Waals surface area contributed by atoms with Gasteiger partial charge < -0.3 is 9.73 Å². The van der Waals surface area contributed by atoms with E-state index in [1.54, 1.807) is 11.3 Å². The molecule has 0 spiro atoms. The van der Waals surface area contributed by atoms with Gasteiger partial charge >= 0.3 is 0 Å². The molecule has 0 bridgehead atoms. The lowest BCUT2D eigenvalue weighted by Crippen LogP contribution is -2.33. The molecule has 1 N–H and O–H groups in total. The fraction of sp³-hybridized carbons (Fsp3) is 0.611. The summed E-state index contributed by atoms with van der Waals surface area (Å²) in [5.74, 6) is 1.62. The Morgan fingerprint density at radius 3 is 3.16 bits per heavy atom. The van der Waals surface area contributed by atoms with E-state index >= 15 is 0 Å². The van der Waals surface area contributed by atoms with Gasteiger partial charge in [-0.15, -0.1) is 21.5 Å². The molecule has 1 amide bonds. The van der Waals surface area contributed by atoms with Crippen molar-refractivity contribution in [1.29, 1.82) is 0 Å². The maximum absolute atomic E-state index is 11.9. The molecular weight excluding hydrogens is 354 g/mol. The van der Waals surface area contributed by atoms with Crippen molar-refractivity contribution in [3.05, 3.63) is 16.5 Å². The first-order chi connectivity index (χ1) is 12.0. The van der Waals surface area contributed by atoms with Gasteiger partial charge in [0.2, 0.25) is 5.91 Å². The van der Waals surface area contributed by atoms with Gasteiger partial charge in [-0.3, -0.25) is 4.79 Å². The molecule has 0 fully saturated rings. The molecule has 25 heavy (non-hydrogen) atoms. The zero-order valence-corrected chi connectivity index (χ0v) is 16.6. The molecule has 0 aliphatic heterocycles. The zero-order valence-electron chi connectivity index (χ0n) is 15.0. The van der Waals surface area contributed by atoms with Crippen molar-refractivity contribution < 1.29 is 9.21 Å². The zero-order chi connectivity index (χ0) is 17.8. The minimum absolute atomic E-state index is 0.00581. The van der Waals surface area contributed by atoms with E-state index in [2.05, 4.69) is 35.4 Å². The molecule has 3 rings (SSSR count). The number of thioether (sulfide) groups is 1. The molecule has 0 saturated heterocycles. The van der Waals surface area contributed by atoms with Crippen LogP contribution >= 0.6 is 23.1 Å². The SMILES string of the molecule is CCC[C@H](C)NC(=O)CSc1nnc(-c2cc3c(s2)CC[C@@H](C)C3)o1. The van der Waals surface area contributed by atoms with Crippen molar-refractivity contribution in [2.45, 2.75) is 64.1 Å². The number of carbonyl (C=O) groups is 1. The quantitative estimate of drug-likeness (QED) is 0.726. The van der Waals surface area contributed by atoms with Gasteiger partial charge in [0, 0.05) is 10.9 Å². The van der Waals surface area contributed by atoms with Crippen LogP contribution in [0.25, 0.3) is 10.8 Å². The molecular formula is C18H25N3O2S2. The Morgan fingerprint density at radius 2 is 2.36 bits per heavy atom. The Labute approximate surface area is 157 Å². The van der Waals surface area contributed by atoms with Gasteiger partial charge in [-0.1, -0.05) is 32.0 Å². The number of hydrogen-bond donors (Lipinski definition) is 1. The predicted molar refractivity (Wildman–Crippen MR) is 102 cm³/mol. The Morgan fingerprint density at radius 1 is 1.52 bits per heavy atom. The highest BCUT2D eigenvalue weighted by Gasteiger charge is 2.21. The molecule has 2 aromatic rings. The van der Waals surface area contributed by atoms with E-state index < -0.39 is 0 Å². The van der Waals surface area contributed by atoms with Crippen LogP contribution in [0.2, 0.25) is 0 Å². The number of hydrogen-bond acceptors (Lipinski definition) is 6. The topological polar surface area (TPSA) is 68.0 Å². The molecule has 0 radical (unpaired) electrons. The van der Waals surface area contributed by atoms with Crippen LogP contribution in [0.1, 0.15) is 50.5 Å². The lowest BCUT2D eigenvalue weighted by Gasteiger charge is -2.16. The summed E-state index contributed by atoms with van der Waals surface area (Å²) in [5, 5.41) is 11.7. The maximum atomic E-state index is 11.9. The molecule has 1 aliphatic carbocycles. The Balaban J connectivity index is 1.57. The summed E-state index contributed by atoms with van der Waals surface area (Å²) >= 11 is 3.05. The van der Waals surface area contributed by atoms with E-state index in [4.69, 9.17) is 4.42 Å². The van der Waals surface area contributed by atoms with Gasteiger partial charge in [-0.25, -0.2) is 0 Å². The van der Waals surface area contributed by atoms with Gasteiger partial charge in [0.25, 0.3) is 11.1 Å². The first-order valence-electron chi connectivity index (χ1n) is 8.92. The third kappa shape index (κ3) is 4.85. The van der Waals surface area contributed by atoms with Crippen LogP contribution in [0.5, 0.6) is 0 Å². The number of carbonyl (C=O) groups excluding carboxylic acids is 1. The number of thiophene rings is 1. The first kappa shape index (κ1) is 18.5. The molecule has 5 nitrogen and oxygen atoms in total. The number of rotatable bonds is 7. The van der Waals surface area contributed by atoms with Crippen LogP contribution in [-0.4, -0.2) is 27.9 Å². The second-order valence-corrected chi connectivity index (χ2v) is 8.89. The fourth-order valence-electron chi connectivity index (χ4n) is 3.13. The number of aryl methyl sites for hydroxylation is 1. The van der Waals surface area contributed by atoms with Crippen molar-refractivity contribution in [3.8, 4) is 10.8 Å². The minimum Gasteiger partial charge on any atom is -0.410 e. The first-order valence-corrected chi connectivity index (χ1v) is 10.7. The predicted octanol–water partition coefficient (Wildman–Crippen LogP) is 4.32. The molecule has 136 valence electrons. The van der Waals surface area contributed by atoms with Crippen LogP contribution in [-0.2, 0) is 17.6 Å². The molecule has 1 aliphatic rings. The summed E-state index contributed by atoms with van der Waals surface area (Å²) in [6.07, 6.45) is 5.59. The average Bonchev–Trinajstić information content (AvgIpc) is 3.19. The highest BCUT2D eigenvalue weighted by molar-refractivity contribution is 7.99. The van der Waals surface area contributed by atoms with E-state index in [9.17, 15) is 4.79 Å². The second-order valence-electron chi connectivity index (χ2n) is 6.83. The number of aromatic nitrogens is 2. The maximum Gasteiger partial charge on any atom is 0.277 e. The summed E-state index contributed by atoms with van der Waals surface area (Å²) in [5.41, 5.74) is 1.43. The van der Waals surface area contributed by atoms with Gasteiger partial charge in [0.15, 0.2) is 0 Å². The molecule has 2 aromatic heterocycles. The van der Waals surface area contributed by atoms with E-state index in [0.29, 0.717) is 16.9 Å². The van der Waals surface area contributed by atoms with Gasteiger partial charge in [0.1, 0.15) is 0 Å². The second kappa shape index (κ2) is 8.36. The monoisotopic (exact) mass is 379 g/mol. The summed E-state index contributed by atoms with van der Waals surface area (Å²) in [4.78, 5) is 14.4. The van der Waals surface area contributed by atoms with Crippen LogP contribution in [0.3, 0.4) is 0 Å². The highest BCUT2D eigenvalue weighted by atomic mass is 32.2. The fourth-order valence-corrected chi connectivity index (χ4v) is 4.83. The summed E-state index contributed by atoms with van der Waals surface area (Å²) in [6, 6.07) is 2.40. The standard InChI is InChI=1S/C18H25N3O2S2/c1-4-5-12(3)19-16(22)10-24-18-21-20-17(23-18)15-9-13-8-11(2)6-7-14(13)25-15/h9,11-12H,4-8,10H2,1-3H3,(H,19,22)/t11-,12+/m1/s1. The third-order valence-corrected chi connectivity index (χ3v) is 6.45. The van der Waals surface area contributed by atoms with Crippen molar-refractivity contribution in [1.82, 2.24) is 15.5 Å². The van der Waals surface area contributed by atoms with E-state index in [1.165, 1.54) is 28.6 Å². The third-order valence-electron chi connectivity index (χ3n) is 4.40. The molecule has 2 atom stereocenters. The Bertz CT molecular complexity index is 726. The molecule has 7 heteroatoms. The Kier molecular flexibility index (Phi) is 6.17. The normalized spacial score (nSPS) is 18.0. The summed E-state index contributed by atoms with van der Waals surface area (Å²) in [7, 11) is 0. The van der Waals surface area contributed by atoms with Crippen LogP contribution in [0, 0.1) is 5.92 Å². The van der Waals surface area contributed by atoms with Crippen LogP contribution < -0.4 is 5.32 Å². The number of amides is 1. The van der Waals surface area contributed by atoms with Gasteiger partial charge in [-0.2, -0.15) is 0 Å².